The summed E-state index contributed by atoms with van der Waals surface area (Å²) >= 11 is 4.48. The van der Waals surface area contributed by atoms with E-state index < -0.39 is 0 Å². The summed E-state index contributed by atoms with van der Waals surface area (Å²) in [6, 6.07) is 6.92. The summed E-state index contributed by atoms with van der Waals surface area (Å²) < 4.78 is 5.03. The van der Waals surface area contributed by atoms with Crippen LogP contribution in [-0.4, -0.2) is 11.1 Å². The predicted molar refractivity (Wildman–Crippen MR) is 57.1 cm³/mol. The Kier molecular flexibility index (Phi) is 3.98. The lowest BCUT2D eigenvalue weighted by Gasteiger charge is -2.03. The van der Waals surface area contributed by atoms with Gasteiger partial charge in [0.2, 0.25) is 0 Å². The van der Waals surface area contributed by atoms with Gasteiger partial charge in [-0.3, -0.25) is 4.79 Å². The molecule has 0 bridgehead atoms. The molecule has 1 aromatic carbocycles. The first-order chi connectivity index (χ1) is 6.77. The van der Waals surface area contributed by atoms with Gasteiger partial charge in [0.25, 0.3) is 0 Å². The monoisotopic (exact) mass is 207 g/mol. The van der Waals surface area contributed by atoms with Crippen molar-refractivity contribution >= 4 is 29.0 Å². The van der Waals surface area contributed by atoms with Gasteiger partial charge in [-0.25, -0.2) is 0 Å². The average Bonchev–Trinajstić information content (AvgIpc) is 2.21. The number of carbonyl (C=O) groups is 1. The summed E-state index contributed by atoms with van der Waals surface area (Å²) in [5.41, 5.74) is 0.518. The topological polar surface area (TPSA) is 38.7 Å². The highest BCUT2D eigenvalue weighted by molar-refractivity contribution is 7.78. The number of isothiocyanates is 1. The fourth-order valence-corrected chi connectivity index (χ4v) is 0.978. The molecule has 0 aliphatic carbocycles. The number of para-hydroxylation sites is 2. The lowest BCUT2D eigenvalue weighted by atomic mass is 10.3. The standard InChI is InChI=1S/C10H9NO2S/c1-2-10(12)13-9-6-4-3-5-8(9)11-7-14/h3-6H,2H2,1H3. The predicted octanol–water partition coefficient (Wildman–Crippen LogP) is 2.74. The third-order valence-electron chi connectivity index (χ3n) is 1.54. The second kappa shape index (κ2) is 5.27. The van der Waals surface area contributed by atoms with Crippen LogP contribution in [0.2, 0.25) is 0 Å². The summed E-state index contributed by atoms with van der Waals surface area (Å²) in [6.45, 7) is 1.73. The van der Waals surface area contributed by atoms with Crippen molar-refractivity contribution in [3.63, 3.8) is 0 Å². The molecule has 4 heteroatoms. The quantitative estimate of drug-likeness (QED) is 0.331. The smallest absolute Gasteiger partial charge is 0.310 e. The lowest BCUT2D eigenvalue weighted by Crippen LogP contribution is -2.05. The number of nitrogens with zero attached hydrogens (tertiary/aromatic N) is 1. The van der Waals surface area contributed by atoms with Crippen molar-refractivity contribution in [2.45, 2.75) is 13.3 Å². The molecule has 0 aliphatic rings. The van der Waals surface area contributed by atoms with Crippen molar-refractivity contribution in [3.8, 4) is 5.75 Å². The zero-order valence-electron chi connectivity index (χ0n) is 7.69. The first kappa shape index (κ1) is 10.6. The van der Waals surface area contributed by atoms with Crippen LogP contribution in [0.25, 0.3) is 0 Å². The first-order valence-corrected chi connectivity index (χ1v) is 4.56. The molecule has 0 fully saturated rings. The van der Waals surface area contributed by atoms with Crippen LogP contribution < -0.4 is 4.74 Å². The van der Waals surface area contributed by atoms with Crippen LogP contribution in [0.3, 0.4) is 0 Å². The van der Waals surface area contributed by atoms with E-state index in [1.807, 2.05) is 0 Å². The van der Waals surface area contributed by atoms with E-state index in [2.05, 4.69) is 22.4 Å². The highest BCUT2D eigenvalue weighted by Crippen LogP contribution is 2.26. The lowest BCUT2D eigenvalue weighted by molar-refractivity contribution is -0.133. The summed E-state index contributed by atoms with van der Waals surface area (Å²) in [4.78, 5) is 14.8. The van der Waals surface area contributed by atoms with E-state index in [0.717, 1.165) is 0 Å². The number of carbonyl (C=O) groups excluding carboxylic acids is 1. The molecule has 14 heavy (non-hydrogen) atoms. The summed E-state index contributed by atoms with van der Waals surface area (Å²) in [6.07, 6.45) is 0.329. The van der Waals surface area contributed by atoms with Crippen LogP contribution in [0.4, 0.5) is 5.69 Å². The van der Waals surface area contributed by atoms with Crippen molar-refractivity contribution in [3.05, 3.63) is 24.3 Å². The van der Waals surface area contributed by atoms with E-state index >= 15 is 0 Å². The van der Waals surface area contributed by atoms with Gasteiger partial charge in [0.15, 0.2) is 5.75 Å². The summed E-state index contributed by atoms with van der Waals surface area (Å²) in [5.74, 6) is 0.119. The number of thiocarbonyl (C=S) groups is 1. The average molecular weight is 207 g/mol. The zero-order valence-corrected chi connectivity index (χ0v) is 8.50. The van der Waals surface area contributed by atoms with E-state index in [1.165, 1.54) is 0 Å². The van der Waals surface area contributed by atoms with Crippen LogP contribution in [0.1, 0.15) is 13.3 Å². The minimum absolute atomic E-state index is 0.294. The molecule has 1 aromatic rings. The van der Waals surface area contributed by atoms with Crippen molar-refractivity contribution in [2.24, 2.45) is 4.99 Å². The molecule has 3 nitrogen and oxygen atoms in total. The van der Waals surface area contributed by atoms with Gasteiger partial charge in [-0.1, -0.05) is 19.1 Å². The maximum atomic E-state index is 11.0. The molecule has 0 saturated heterocycles. The molecule has 0 spiro atoms. The number of esters is 1. The minimum Gasteiger partial charge on any atom is -0.424 e. The van der Waals surface area contributed by atoms with Gasteiger partial charge in [0.05, 0.1) is 5.16 Å². The van der Waals surface area contributed by atoms with Gasteiger partial charge in [-0.2, -0.15) is 4.99 Å². The Labute approximate surface area is 87.4 Å². The number of benzene rings is 1. The van der Waals surface area contributed by atoms with Gasteiger partial charge in [-0.15, -0.1) is 0 Å². The molecule has 0 unspecified atom stereocenters. The van der Waals surface area contributed by atoms with Crippen molar-refractivity contribution in [1.29, 1.82) is 0 Å². The molecule has 72 valence electrons. The summed E-state index contributed by atoms with van der Waals surface area (Å²) in [7, 11) is 0. The van der Waals surface area contributed by atoms with Gasteiger partial charge in [0.1, 0.15) is 5.69 Å². The van der Waals surface area contributed by atoms with E-state index in [-0.39, 0.29) is 5.97 Å². The van der Waals surface area contributed by atoms with Gasteiger partial charge in [-0.05, 0) is 24.4 Å². The molecule has 0 aromatic heterocycles. The molecule has 0 radical (unpaired) electrons. The van der Waals surface area contributed by atoms with Gasteiger partial charge in [0, 0.05) is 6.42 Å². The first-order valence-electron chi connectivity index (χ1n) is 4.15. The van der Waals surface area contributed by atoms with Crippen LogP contribution in [0.15, 0.2) is 29.3 Å². The minimum atomic E-state index is -0.294. The Hall–Kier alpha value is -1.51. The van der Waals surface area contributed by atoms with E-state index in [4.69, 9.17) is 4.74 Å². The highest BCUT2D eigenvalue weighted by atomic mass is 32.1. The van der Waals surface area contributed by atoms with Crippen molar-refractivity contribution < 1.29 is 9.53 Å². The van der Waals surface area contributed by atoms with Gasteiger partial charge < -0.3 is 4.74 Å². The fourth-order valence-electron chi connectivity index (χ4n) is 0.880. The van der Waals surface area contributed by atoms with Crippen LogP contribution in [-0.2, 0) is 4.79 Å². The van der Waals surface area contributed by atoms with Crippen LogP contribution in [0.5, 0.6) is 5.75 Å². The molecule has 0 aliphatic heterocycles. The zero-order chi connectivity index (χ0) is 10.4. The van der Waals surface area contributed by atoms with Gasteiger partial charge >= 0.3 is 5.97 Å². The number of rotatable bonds is 3. The molecular formula is C10H9NO2S. The molecule has 0 N–H and O–H groups in total. The second-order valence-electron chi connectivity index (χ2n) is 2.50. The normalized spacial score (nSPS) is 8.93. The maximum absolute atomic E-state index is 11.0. The fraction of sp³-hybridized carbons (Fsp3) is 0.200. The van der Waals surface area contributed by atoms with E-state index in [0.29, 0.717) is 17.9 Å². The third-order valence-corrected chi connectivity index (χ3v) is 1.64. The van der Waals surface area contributed by atoms with Crippen molar-refractivity contribution in [1.82, 2.24) is 0 Å². The Morgan fingerprint density at radius 3 is 2.93 bits per heavy atom. The van der Waals surface area contributed by atoms with E-state index in [1.54, 1.807) is 31.2 Å². The number of ether oxygens (including phenoxy) is 1. The molecule has 0 saturated carbocycles. The largest absolute Gasteiger partial charge is 0.424 e. The highest BCUT2D eigenvalue weighted by Gasteiger charge is 2.05. The van der Waals surface area contributed by atoms with Crippen LogP contribution >= 0.6 is 12.2 Å². The molecule has 0 amide bonds. The van der Waals surface area contributed by atoms with Crippen LogP contribution in [0, 0.1) is 0 Å². The Balaban J connectivity index is 2.95. The third kappa shape index (κ3) is 2.76. The molecule has 0 atom stereocenters. The number of hydrogen-bond donors (Lipinski definition) is 0. The molecule has 1 rings (SSSR count). The number of aliphatic imine (C=N–C) groups is 1. The Bertz CT molecular complexity index is 383. The molecule has 0 heterocycles. The SMILES string of the molecule is CCC(=O)Oc1ccccc1N=C=S. The Morgan fingerprint density at radius 2 is 2.29 bits per heavy atom. The Morgan fingerprint density at radius 1 is 1.57 bits per heavy atom. The van der Waals surface area contributed by atoms with E-state index in [9.17, 15) is 4.79 Å². The number of hydrogen-bond acceptors (Lipinski definition) is 4. The van der Waals surface area contributed by atoms with Crippen molar-refractivity contribution in [2.75, 3.05) is 0 Å². The molecular weight excluding hydrogens is 198 g/mol. The second-order valence-corrected chi connectivity index (χ2v) is 2.68. The summed E-state index contributed by atoms with van der Waals surface area (Å²) in [5, 5.41) is 2.23. The maximum Gasteiger partial charge on any atom is 0.310 e.